The van der Waals surface area contributed by atoms with Crippen molar-refractivity contribution in [2.75, 3.05) is 13.3 Å². The number of aliphatic hydroxyl groups excluding tert-OH is 1. The zero-order valence-electron chi connectivity index (χ0n) is 7.87. The van der Waals surface area contributed by atoms with Crippen molar-refractivity contribution in [3.05, 3.63) is 35.9 Å². The molecule has 0 aliphatic heterocycles. The first kappa shape index (κ1) is 10.2. The molecular weight excluding hydrogens is 162 g/mol. The number of nitrogens with one attached hydrogen (secondary N) is 1. The minimum Gasteiger partial charge on any atom is -0.381 e. The maximum Gasteiger partial charge on any atom is 0.0931 e. The highest BCUT2D eigenvalue weighted by Crippen LogP contribution is 2.03. The van der Waals surface area contributed by atoms with Crippen LogP contribution in [0.15, 0.2) is 30.3 Å². The number of aryl methyl sites for hydroxylation is 1. The number of rotatable bonds is 6. The summed E-state index contributed by atoms with van der Waals surface area (Å²) in [6.45, 7) is 0.995. The molecule has 1 aromatic rings. The Labute approximate surface area is 79.6 Å². The van der Waals surface area contributed by atoms with E-state index in [-0.39, 0.29) is 6.73 Å². The lowest BCUT2D eigenvalue weighted by Crippen LogP contribution is -2.15. The first-order valence-corrected chi connectivity index (χ1v) is 4.79. The molecule has 0 saturated carbocycles. The molecule has 72 valence electrons. The number of aliphatic hydroxyl groups is 1. The number of hydrogen-bond acceptors (Lipinski definition) is 2. The molecule has 0 unspecified atom stereocenters. The van der Waals surface area contributed by atoms with Crippen LogP contribution in [-0.4, -0.2) is 18.4 Å². The summed E-state index contributed by atoms with van der Waals surface area (Å²) in [5.41, 5.74) is 1.39. The maximum atomic E-state index is 8.47. The first-order chi connectivity index (χ1) is 6.43. The third kappa shape index (κ3) is 4.65. The second kappa shape index (κ2) is 6.63. The fraction of sp³-hybridized carbons (Fsp3) is 0.455. The van der Waals surface area contributed by atoms with E-state index in [9.17, 15) is 0 Å². The quantitative estimate of drug-likeness (QED) is 0.513. The Morgan fingerprint density at radius 3 is 2.54 bits per heavy atom. The van der Waals surface area contributed by atoms with Crippen LogP contribution >= 0.6 is 0 Å². The molecule has 0 saturated heterocycles. The molecule has 1 rings (SSSR count). The largest absolute Gasteiger partial charge is 0.381 e. The second-order valence-electron chi connectivity index (χ2n) is 3.10. The molecule has 2 N–H and O–H groups in total. The van der Waals surface area contributed by atoms with Crippen LogP contribution in [0.1, 0.15) is 18.4 Å². The molecule has 0 aromatic heterocycles. The SMILES string of the molecule is OCNCCCCc1ccccc1. The van der Waals surface area contributed by atoms with Crippen LogP contribution in [0.2, 0.25) is 0 Å². The Bertz CT molecular complexity index is 211. The Hall–Kier alpha value is -0.860. The summed E-state index contributed by atoms with van der Waals surface area (Å²) < 4.78 is 0. The van der Waals surface area contributed by atoms with Gasteiger partial charge >= 0.3 is 0 Å². The smallest absolute Gasteiger partial charge is 0.0931 e. The van der Waals surface area contributed by atoms with Crippen molar-refractivity contribution in [3.63, 3.8) is 0 Å². The van der Waals surface area contributed by atoms with Crippen molar-refractivity contribution >= 4 is 0 Å². The van der Waals surface area contributed by atoms with E-state index in [0.29, 0.717) is 0 Å². The Morgan fingerprint density at radius 1 is 1.08 bits per heavy atom. The number of unbranched alkanes of at least 4 members (excludes halogenated alkanes) is 1. The first-order valence-electron chi connectivity index (χ1n) is 4.79. The summed E-state index contributed by atoms with van der Waals surface area (Å²) in [6, 6.07) is 10.5. The van der Waals surface area contributed by atoms with Gasteiger partial charge in [0.1, 0.15) is 0 Å². The summed E-state index contributed by atoms with van der Waals surface area (Å²) in [6.07, 6.45) is 3.43. The molecule has 0 bridgehead atoms. The fourth-order valence-electron chi connectivity index (χ4n) is 1.30. The molecule has 0 spiro atoms. The molecule has 0 radical (unpaired) electrons. The van der Waals surface area contributed by atoms with Crippen LogP contribution in [0, 0.1) is 0 Å². The van der Waals surface area contributed by atoms with Gasteiger partial charge < -0.3 is 5.11 Å². The van der Waals surface area contributed by atoms with E-state index in [4.69, 9.17) is 5.11 Å². The van der Waals surface area contributed by atoms with E-state index in [1.54, 1.807) is 0 Å². The minimum atomic E-state index is 0.0886. The Morgan fingerprint density at radius 2 is 1.85 bits per heavy atom. The summed E-state index contributed by atoms with van der Waals surface area (Å²) in [7, 11) is 0. The lowest BCUT2D eigenvalue weighted by atomic mass is 10.1. The van der Waals surface area contributed by atoms with Gasteiger partial charge in [-0.2, -0.15) is 0 Å². The minimum absolute atomic E-state index is 0.0886. The van der Waals surface area contributed by atoms with Gasteiger partial charge in [-0.15, -0.1) is 0 Å². The third-order valence-electron chi connectivity index (χ3n) is 2.02. The van der Waals surface area contributed by atoms with Gasteiger partial charge in [0.2, 0.25) is 0 Å². The van der Waals surface area contributed by atoms with Crippen molar-refractivity contribution in [1.82, 2.24) is 5.32 Å². The van der Waals surface area contributed by atoms with Gasteiger partial charge in [0.25, 0.3) is 0 Å². The zero-order valence-corrected chi connectivity index (χ0v) is 7.87. The van der Waals surface area contributed by atoms with Crippen LogP contribution in [0.4, 0.5) is 0 Å². The monoisotopic (exact) mass is 179 g/mol. The van der Waals surface area contributed by atoms with Crippen LogP contribution in [0.3, 0.4) is 0 Å². The predicted octanol–water partition coefficient (Wildman–Crippen LogP) is 1.55. The van der Waals surface area contributed by atoms with Gasteiger partial charge in [0.15, 0.2) is 0 Å². The van der Waals surface area contributed by atoms with E-state index in [1.165, 1.54) is 12.0 Å². The van der Waals surface area contributed by atoms with Gasteiger partial charge in [-0.05, 0) is 31.4 Å². The maximum absolute atomic E-state index is 8.47. The van der Waals surface area contributed by atoms with Gasteiger partial charge in [0.05, 0.1) is 6.73 Å². The van der Waals surface area contributed by atoms with Gasteiger partial charge in [0, 0.05) is 0 Å². The lowest BCUT2D eigenvalue weighted by Gasteiger charge is -2.01. The van der Waals surface area contributed by atoms with Crippen LogP contribution in [0.25, 0.3) is 0 Å². The van der Waals surface area contributed by atoms with Crippen molar-refractivity contribution in [2.45, 2.75) is 19.3 Å². The number of hydrogen-bond donors (Lipinski definition) is 2. The molecule has 0 amide bonds. The highest BCUT2D eigenvalue weighted by Gasteiger charge is 1.91. The van der Waals surface area contributed by atoms with Crippen molar-refractivity contribution in [3.8, 4) is 0 Å². The molecule has 2 nitrogen and oxygen atoms in total. The summed E-state index contributed by atoms with van der Waals surface area (Å²) >= 11 is 0. The van der Waals surface area contributed by atoms with Gasteiger partial charge in [-0.3, -0.25) is 5.32 Å². The highest BCUT2D eigenvalue weighted by atomic mass is 16.3. The topological polar surface area (TPSA) is 32.3 Å². The Balaban J connectivity index is 2.07. The standard InChI is InChI=1S/C11H17NO/c13-10-12-9-5-4-8-11-6-2-1-3-7-11/h1-3,6-7,12-13H,4-5,8-10H2. The van der Waals surface area contributed by atoms with Crippen LogP contribution in [0.5, 0.6) is 0 Å². The van der Waals surface area contributed by atoms with E-state index in [0.717, 1.165) is 19.4 Å². The normalized spacial score (nSPS) is 10.2. The molecule has 0 aliphatic rings. The average molecular weight is 179 g/mol. The van der Waals surface area contributed by atoms with Gasteiger partial charge in [-0.25, -0.2) is 0 Å². The predicted molar refractivity (Wildman–Crippen MR) is 54.5 cm³/mol. The zero-order chi connectivity index (χ0) is 9.36. The fourth-order valence-corrected chi connectivity index (χ4v) is 1.30. The summed E-state index contributed by atoms with van der Waals surface area (Å²) in [5, 5.41) is 11.4. The molecular formula is C11H17NO. The van der Waals surface area contributed by atoms with Crippen molar-refractivity contribution < 1.29 is 5.11 Å². The average Bonchev–Trinajstić information content (AvgIpc) is 2.19. The van der Waals surface area contributed by atoms with E-state index < -0.39 is 0 Å². The molecule has 0 fully saturated rings. The van der Waals surface area contributed by atoms with E-state index >= 15 is 0 Å². The van der Waals surface area contributed by atoms with Gasteiger partial charge in [-0.1, -0.05) is 30.3 Å². The molecule has 0 aliphatic carbocycles. The van der Waals surface area contributed by atoms with Crippen LogP contribution in [-0.2, 0) is 6.42 Å². The van der Waals surface area contributed by atoms with Crippen LogP contribution < -0.4 is 5.32 Å². The van der Waals surface area contributed by atoms with Crippen molar-refractivity contribution in [1.29, 1.82) is 0 Å². The number of benzene rings is 1. The van der Waals surface area contributed by atoms with E-state index in [2.05, 4.69) is 29.6 Å². The molecule has 0 heterocycles. The molecule has 2 heteroatoms. The Kier molecular flexibility index (Phi) is 5.22. The summed E-state index contributed by atoms with van der Waals surface area (Å²) in [4.78, 5) is 0. The third-order valence-corrected chi connectivity index (χ3v) is 2.02. The van der Waals surface area contributed by atoms with Crippen molar-refractivity contribution in [2.24, 2.45) is 0 Å². The lowest BCUT2D eigenvalue weighted by molar-refractivity contribution is 0.260. The van der Waals surface area contributed by atoms with E-state index in [1.807, 2.05) is 6.07 Å². The molecule has 1 aromatic carbocycles. The molecule has 13 heavy (non-hydrogen) atoms. The molecule has 0 atom stereocenters. The summed E-state index contributed by atoms with van der Waals surface area (Å²) in [5.74, 6) is 0. The second-order valence-corrected chi connectivity index (χ2v) is 3.10. The highest BCUT2D eigenvalue weighted by molar-refractivity contribution is 5.14.